The standard InChI is InChI=1S/2C12H16N2O2.2C11H15NO3.2C10H13NO2.C9H11NO3.C9H11NO/c1-16-12-4-2-3-11(9-12)14-7-5-13(10-15)6-8-14;1-16-12-5-3-2-4-11(12)14-8-6-13(10-15)7-9-14;1-14-10-3-4-11(15-2)9(7-10)5-6-12-8-13;1-14-10-5-3-4-9(11(10)15-2)6-7-12-8-13;1-13-10-4-2-3-9(7-10)5-6-11-8-12;1-13-10-5-3-2-4-9(10)6-7-11-8-12;11-6-10-4-3-7-1-2-8(12)9(13)5-7;11-8-10-7-6-9-4-2-1-3-5-9/h2-4,9-10H,5-8H2,1H3;2-5,10H,6-9H2,1H3;3-4,7-8H,5-6H2,1-2H3,(H,12,13);3-5,8H,6-7H2,1-2H3,(H,12,13);2-4,7-8H,5-6H2,1H3,(H,11,12);2-5,8H,6-7H2,1H3,(H,11,12);1-2,5-6,12-13H,3-4H2,(H,10,11);1-5,8H,6-7H2,(H,10,11). The van der Waals surface area contributed by atoms with Gasteiger partial charge in [-0.1, -0.05) is 97.1 Å². The molecule has 28 heteroatoms. The number of phenols is 2. The Morgan fingerprint density at radius 1 is 0.304 bits per heavy atom. The second kappa shape index (κ2) is 59.1. The van der Waals surface area contributed by atoms with E-state index in [1.807, 2.05) is 152 Å². The van der Waals surface area contributed by atoms with Gasteiger partial charge in [0.1, 0.15) is 34.5 Å². The van der Waals surface area contributed by atoms with E-state index in [4.69, 9.17) is 48.1 Å². The van der Waals surface area contributed by atoms with E-state index in [0.717, 1.165) is 183 Å². The van der Waals surface area contributed by atoms with E-state index in [-0.39, 0.29) is 11.5 Å². The molecule has 2 aliphatic heterocycles. The monoisotopic (exact) mass is 1550 g/mol. The van der Waals surface area contributed by atoms with E-state index in [2.05, 4.69) is 53.8 Å². The first-order valence-electron chi connectivity index (χ1n) is 36.1. The van der Waals surface area contributed by atoms with Gasteiger partial charge in [0.05, 0.1) is 62.6 Å². The Balaban J connectivity index is 0.000000332. The van der Waals surface area contributed by atoms with Crippen molar-refractivity contribution in [1.82, 2.24) is 41.7 Å². The summed E-state index contributed by atoms with van der Waals surface area (Å²) in [6.07, 6.45) is 10.6. The molecule has 2 saturated heterocycles. The van der Waals surface area contributed by atoms with Crippen LogP contribution in [0.25, 0.3) is 0 Å². The highest BCUT2D eigenvalue weighted by molar-refractivity contribution is 5.60. The van der Waals surface area contributed by atoms with Crippen LogP contribution >= 0.6 is 0 Å². The highest BCUT2D eigenvalue weighted by Crippen LogP contribution is 2.32. The van der Waals surface area contributed by atoms with Crippen molar-refractivity contribution in [2.24, 2.45) is 0 Å². The quantitative estimate of drug-likeness (QED) is 0.0109. The van der Waals surface area contributed by atoms with Gasteiger partial charge in [0.2, 0.25) is 51.3 Å². The van der Waals surface area contributed by atoms with Crippen molar-refractivity contribution in [3.8, 4) is 57.5 Å². The zero-order chi connectivity index (χ0) is 81.6. The van der Waals surface area contributed by atoms with Crippen LogP contribution in [0.2, 0.25) is 0 Å². The van der Waals surface area contributed by atoms with Gasteiger partial charge in [-0.05, 0) is 151 Å². The van der Waals surface area contributed by atoms with Crippen molar-refractivity contribution in [2.45, 2.75) is 38.5 Å². The molecule has 0 spiro atoms. The van der Waals surface area contributed by atoms with Crippen LogP contribution in [0.4, 0.5) is 11.4 Å². The molecule has 0 atom stereocenters. The van der Waals surface area contributed by atoms with Crippen LogP contribution in [0, 0.1) is 0 Å². The number of piperazine rings is 2. The van der Waals surface area contributed by atoms with Gasteiger partial charge in [0, 0.05) is 103 Å². The molecule has 2 heterocycles. The Morgan fingerprint density at radius 2 is 0.705 bits per heavy atom. The first-order chi connectivity index (χ1) is 54.7. The van der Waals surface area contributed by atoms with E-state index in [1.54, 1.807) is 72.7 Å². The van der Waals surface area contributed by atoms with Gasteiger partial charge in [0.25, 0.3) is 0 Å². The maximum Gasteiger partial charge on any atom is 0.209 e. The fourth-order valence-electron chi connectivity index (χ4n) is 10.8. The SMILES string of the molecule is COc1ccc(OC)c(CCNC=O)c1.COc1cccc(CCNC=O)c1.COc1cccc(CCNC=O)c1OC.COc1cccc(N2CCN(C=O)CC2)c1.COc1ccccc1CCNC=O.COc1ccccc1N1CCN(C=O)CC1.O=CNCCc1ccc(O)c(O)c1.O=CNCCc1ccccc1. The van der Waals surface area contributed by atoms with Crippen LogP contribution in [-0.4, -0.2) is 220 Å². The number of phenolic OH excluding ortho intramolecular Hbond substituents is 2. The zero-order valence-corrected chi connectivity index (χ0v) is 65.3. The lowest BCUT2D eigenvalue weighted by atomic mass is 10.1. The number of rotatable bonds is 36. The smallest absolute Gasteiger partial charge is 0.209 e. The molecule has 0 bridgehead atoms. The minimum Gasteiger partial charge on any atom is -0.504 e. The van der Waals surface area contributed by atoms with Crippen molar-refractivity contribution in [3.05, 3.63) is 215 Å². The molecule has 8 N–H and O–H groups in total. The lowest BCUT2D eigenvalue weighted by Gasteiger charge is -2.34. The van der Waals surface area contributed by atoms with Crippen LogP contribution in [0.5, 0.6) is 57.5 Å². The fourth-order valence-corrected chi connectivity index (χ4v) is 10.8. The maximum absolute atomic E-state index is 10.6. The molecular formula is C84H110N10O18. The lowest BCUT2D eigenvalue weighted by molar-refractivity contribution is -0.119. The summed E-state index contributed by atoms with van der Waals surface area (Å²) in [7, 11) is 13.1. The first kappa shape index (κ1) is 93.3. The van der Waals surface area contributed by atoms with Crippen LogP contribution in [0.1, 0.15) is 33.4 Å². The third-order valence-corrected chi connectivity index (χ3v) is 16.7. The van der Waals surface area contributed by atoms with Gasteiger partial charge in [-0.25, -0.2) is 0 Å². The summed E-state index contributed by atoms with van der Waals surface area (Å²) < 4.78 is 41.5. The Morgan fingerprint density at radius 3 is 1.21 bits per heavy atom. The molecule has 0 radical (unpaired) electrons. The lowest BCUT2D eigenvalue weighted by Crippen LogP contribution is -2.45. The number of nitrogens with zero attached hydrogens (tertiary/aromatic N) is 4. The highest BCUT2D eigenvalue weighted by Gasteiger charge is 2.19. The van der Waals surface area contributed by atoms with Gasteiger partial charge in [-0.3, -0.25) is 38.4 Å². The Bertz CT molecular complexity index is 3910. The van der Waals surface area contributed by atoms with Crippen molar-refractivity contribution >= 4 is 62.7 Å². The molecule has 2 aliphatic rings. The summed E-state index contributed by atoms with van der Waals surface area (Å²) in [5.41, 5.74) is 8.69. The summed E-state index contributed by atoms with van der Waals surface area (Å²) in [4.78, 5) is 89.3. The van der Waals surface area contributed by atoms with Gasteiger partial charge >= 0.3 is 0 Å². The van der Waals surface area contributed by atoms with Crippen molar-refractivity contribution < 1.29 is 86.5 Å². The Kier molecular flexibility index (Phi) is 49.3. The van der Waals surface area contributed by atoms with Crippen molar-refractivity contribution in [2.75, 3.05) is 158 Å². The number of aromatic hydroxyl groups is 2. The Hall–Kier alpha value is -12.9. The highest BCUT2D eigenvalue weighted by atomic mass is 16.5. The average Bonchev–Trinajstić information content (AvgIpc) is 0.811. The molecule has 0 aromatic heterocycles. The number of amides is 8. The number of carbonyl (C=O) groups excluding carboxylic acids is 8. The van der Waals surface area contributed by atoms with Gasteiger partial charge < -0.3 is 99.6 Å². The molecule has 10 rings (SSSR count). The van der Waals surface area contributed by atoms with Crippen LogP contribution in [0.3, 0.4) is 0 Å². The topological polar surface area (TPSA) is 336 Å². The number of para-hydroxylation sites is 4. The molecule has 112 heavy (non-hydrogen) atoms. The number of benzene rings is 8. The number of hydrogen-bond donors (Lipinski definition) is 8. The van der Waals surface area contributed by atoms with E-state index in [9.17, 15) is 38.4 Å². The predicted molar refractivity (Wildman–Crippen MR) is 434 cm³/mol. The second-order valence-electron chi connectivity index (χ2n) is 23.9. The molecular weight excluding hydrogens is 1440 g/mol. The molecule has 2 fully saturated rings. The molecule has 28 nitrogen and oxygen atoms in total. The minimum absolute atomic E-state index is 0.132. The normalized spacial score (nSPS) is 11.3. The van der Waals surface area contributed by atoms with Gasteiger partial charge in [-0.15, -0.1) is 0 Å². The minimum atomic E-state index is -0.136. The molecule has 8 amide bonds. The van der Waals surface area contributed by atoms with Crippen molar-refractivity contribution in [1.29, 1.82) is 0 Å². The van der Waals surface area contributed by atoms with Crippen molar-refractivity contribution in [3.63, 3.8) is 0 Å². The largest absolute Gasteiger partial charge is 0.504 e. The van der Waals surface area contributed by atoms with E-state index >= 15 is 0 Å². The van der Waals surface area contributed by atoms with Crippen LogP contribution in [-0.2, 0) is 76.9 Å². The van der Waals surface area contributed by atoms with Crippen LogP contribution < -0.4 is 79.6 Å². The molecule has 0 aliphatic carbocycles. The average molecular weight is 1550 g/mol. The Labute approximate surface area is 657 Å². The maximum atomic E-state index is 10.6. The zero-order valence-electron chi connectivity index (χ0n) is 65.3. The number of hydrogen-bond acceptors (Lipinski definition) is 20. The first-order valence-corrected chi connectivity index (χ1v) is 36.1. The molecule has 0 saturated carbocycles. The third kappa shape index (κ3) is 37.3. The molecule has 8 aromatic carbocycles. The van der Waals surface area contributed by atoms with E-state index in [1.165, 1.54) is 17.7 Å². The third-order valence-electron chi connectivity index (χ3n) is 16.7. The predicted octanol–water partition coefficient (Wildman–Crippen LogP) is 7.26. The number of methoxy groups -OCH3 is 8. The number of nitrogens with one attached hydrogen (secondary N) is 6. The summed E-state index contributed by atoms with van der Waals surface area (Å²) in [5, 5.41) is 33.7. The number of anilines is 2. The number of carbonyl (C=O) groups is 8. The second-order valence-corrected chi connectivity index (χ2v) is 23.9. The van der Waals surface area contributed by atoms with Gasteiger partial charge in [-0.2, -0.15) is 0 Å². The summed E-state index contributed by atoms with van der Waals surface area (Å²) in [5.74, 6) is 6.25. The summed E-state index contributed by atoms with van der Waals surface area (Å²) >= 11 is 0. The summed E-state index contributed by atoms with van der Waals surface area (Å²) in [6.45, 7) is 10.3. The summed E-state index contributed by atoms with van der Waals surface area (Å²) in [6, 6.07) is 57.6. The number of ether oxygens (including phenoxy) is 8. The van der Waals surface area contributed by atoms with Crippen LogP contribution in [0.15, 0.2) is 182 Å². The van der Waals surface area contributed by atoms with Gasteiger partial charge in [0.15, 0.2) is 23.0 Å². The molecule has 8 aromatic rings. The molecule has 0 unspecified atom stereocenters. The van der Waals surface area contributed by atoms with E-state index in [0.29, 0.717) is 83.5 Å². The van der Waals surface area contributed by atoms with E-state index < -0.39 is 0 Å². The fraction of sp³-hybridized carbons (Fsp3) is 0.333. The molecule has 604 valence electrons.